The number of nitro groups is 1. The summed E-state index contributed by atoms with van der Waals surface area (Å²) in [6.45, 7) is 3.11. The standard InChI is InChI=1S/C13H16N2O5/c1-8-4-5-10(6-11(8)15(19)20)12(16)14(3)7-9(2)13(17)18/h4-6,9H,7H2,1-3H3,(H,17,18). The molecule has 0 bridgehead atoms. The van der Waals surface area contributed by atoms with Gasteiger partial charge in [0.15, 0.2) is 0 Å². The Morgan fingerprint density at radius 3 is 2.55 bits per heavy atom. The number of nitrogens with zero attached hydrogens (tertiary/aromatic N) is 2. The van der Waals surface area contributed by atoms with Gasteiger partial charge >= 0.3 is 5.97 Å². The molecule has 1 unspecified atom stereocenters. The second-order valence-corrected chi connectivity index (χ2v) is 4.68. The van der Waals surface area contributed by atoms with E-state index in [1.807, 2.05) is 0 Å². The highest BCUT2D eigenvalue weighted by molar-refractivity contribution is 5.95. The van der Waals surface area contributed by atoms with E-state index < -0.39 is 22.7 Å². The van der Waals surface area contributed by atoms with E-state index in [2.05, 4.69) is 0 Å². The van der Waals surface area contributed by atoms with Crippen molar-refractivity contribution in [3.05, 3.63) is 39.4 Å². The molecule has 0 saturated heterocycles. The summed E-state index contributed by atoms with van der Waals surface area (Å²) in [5.74, 6) is -2.15. The molecule has 0 fully saturated rings. The summed E-state index contributed by atoms with van der Waals surface area (Å²) in [4.78, 5) is 34.4. The van der Waals surface area contributed by atoms with Gasteiger partial charge < -0.3 is 10.0 Å². The van der Waals surface area contributed by atoms with E-state index in [1.165, 1.54) is 37.1 Å². The first kappa shape index (κ1) is 15.6. The predicted molar refractivity (Wildman–Crippen MR) is 71.6 cm³/mol. The number of aryl methyl sites for hydroxylation is 1. The van der Waals surface area contributed by atoms with Crippen LogP contribution in [0.15, 0.2) is 18.2 Å². The molecule has 1 aromatic rings. The maximum atomic E-state index is 12.1. The first-order chi connectivity index (χ1) is 9.23. The number of carbonyl (C=O) groups is 2. The van der Waals surface area contributed by atoms with Gasteiger partial charge in [-0.1, -0.05) is 13.0 Å². The number of carbonyl (C=O) groups excluding carboxylic acids is 1. The van der Waals surface area contributed by atoms with Crippen molar-refractivity contribution in [3.63, 3.8) is 0 Å². The van der Waals surface area contributed by atoms with E-state index >= 15 is 0 Å². The average Bonchev–Trinajstić information content (AvgIpc) is 2.37. The third kappa shape index (κ3) is 3.53. The van der Waals surface area contributed by atoms with Crippen LogP contribution in [0.1, 0.15) is 22.8 Å². The van der Waals surface area contributed by atoms with Gasteiger partial charge in [-0.05, 0) is 13.0 Å². The van der Waals surface area contributed by atoms with Gasteiger partial charge in [0, 0.05) is 30.8 Å². The Kier molecular flexibility index (Phi) is 4.79. The Labute approximate surface area is 116 Å². The molecule has 0 spiro atoms. The number of carboxylic acid groups (broad SMARTS) is 1. The molecule has 1 rings (SSSR count). The van der Waals surface area contributed by atoms with Crippen LogP contribution in [0.2, 0.25) is 0 Å². The molecule has 1 aromatic carbocycles. The highest BCUT2D eigenvalue weighted by Gasteiger charge is 2.21. The van der Waals surface area contributed by atoms with Crippen LogP contribution >= 0.6 is 0 Å². The Balaban J connectivity index is 2.95. The number of rotatable bonds is 5. The fourth-order valence-electron chi connectivity index (χ4n) is 1.73. The Bertz CT molecular complexity index is 556. The van der Waals surface area contributed by atoms with E-state index in [0.717, 1.165) is 0 Å². The van der Waals surface area contributed by atoms with Gasteiger partial charge in [-0.3, -0.25) is 19.7 Å². The van der Waals surface area contributed by atoms with Gasteiger partial charge in [-0.25, -0.2) is 0 Å². The Hall–Kier alpha value is -2.44. The van der Waals surface area contributed by atoms with Crippen LogP contribution in [0, 0.1) is 23.0 Å². The summed E-state index contributed by atoms with van der Waals surface area (Å²) in [5.41, 5.74) is 0.506. The highest BCUT2D eigenvalue weighted by Crippen LogP contribution is 2.20. The summed E-state index contributed by atoms with van der Waals surface area (Å²) in [7, 11) is 1.47. The van der Waals surface area contributed by atoms with Crippen molar-refractivity contribution in [3.8, 4) is 0 Å². The van der Waals surface area contributed by atoms with Crippen LogP contribution in [0.5, 0.6) is 0 Å². The molecule has 108 valence electrons. The molecule has 20 heavy (non-hydrogen) atoms. The predicted octanol–water partition coefficient (Wildman–Crippen LogP) is 1.70. The van der Waals surface area contributed by atoms with Crippen molar-refractivity contribution in [1.29, 1.82) is 0 Å². The molecular weight excluding hydrogens is 264 g/mol. The Morgan fingerprint density at radius 2 is 2.05 bits per heavy atom. The van der Waals surface area contributed by atoms with Crippen molar-refractivity contribution < 1.29 is 19.6 Å². The summed E-state index contributed by atoms with van der Waals surface area (Å²) in [6.07, 6.45) is 0. The van der Waals surface area contributed by atoms with Crippen LogP contribution < -0.4 is 0 Å². The minimum Gasteiger partial charge on any atom is -0.481 e. The molecule has 0 saturated carbocycles. The molecule has 1 N–H and O–H groups in total. The van der Waals surface area contributed by atoms with Gasteiger partial charge in [-0.15, -0.1) is 0 Å². The van der Waals surface area contributed by atoms with Crippen molar-refractivity contribution in [2.24, 2.45) is 5.92 Å². The minimum atomic E-state index is -1.00. The fourth-order valence-corrected chi connectivity index (χ4v) is 1.73. The first-order valence-corrected chi connectivity index (χ1v) is 5.97. The number of nitro benzene ring substituents is 1. The quantitative estimate of drug-likeness (QED) is 0.653. The first-order valence-electron chi connectivity index (χ1n) is 5.97. The lowest BCUT2D eigenvalue weighted by Crippen LogP contribution is -2.33. The fraction of sp³-hybridized carbons (Fsp3) is 0.385. The average molecular weight is 280 g/mol. The summed E-state index contributed by atoms with van der Waals surface area (Å²) < 4.78 is 0. The zero-order valence-electron chi connectivity index (χ0n) is 11.5. The van der Waals surface area contributed by atoms with Crippen LogP contribution in [0.4, 0.5) is 5.69 Å². The van der Waals surface area contributed by atoms with Crippen LogP contribution in [0.25, 0.3) is 0 Å². The SMILES string of the molecule is Cc1ccc(C(=O)N(C)CC(C)C(=O)O)cc1[N+](=O)[O-]. The number of amides is 1. The lowest BCUT2D eigenvalue weighted by molar-refractivity contribution is -0.385. The zero-order valence-corrected chi connectivity index (χ0v) is 11.5. The van der Waals surface area contributed by atoms with Gasteiger partial charge in [0.05, 0.1) is 10.8 Å². The molecule has 0 heterocycles. The van der Waals surface area contributed by atoms with Crippen LogP contribution in [0.3, 0.4) is 0 Å². The van der Waals surface area contributed by atoms with Crippen LogP contribution in [-0.4, -0.2) is 40.4 Å². The third-order valence-electron chi connectivity index (χ3n) is 2.97. The lowest BCUT2D eigenvalue weighted by Gasteiger charge is -2.19. The minimum absolute atomic E-state index is 0.0375. The molecule has 7 heteroatoms. The maximum Gasteiger partial charge on any atom is 0.308 e. The Morgan fingerprint density at radius 1 is 1.45 bits per heavy atom. The molecule has 1 amide bonds. The molecule has 0 radical (unpaired) electrons. The van der Waals surface area contributed by atoms with Gasteiger partial charge in [0.2, 0.25) is 0 Å². The van der Waals surface area contributed by atoms with Crippen molar-refractivity contribution in [2.75, 3.05) is 13.6 Å². The maximum absolute atomic E-state index is 12.1. The second kappa shape index (κ2) is 6.14. The topological polar surface area (TPSA) is 101 Å². The van der Waals surface area contributed by atoms with Crippen molar-refractivity contribution >= 4 is 17.6 Å². The molecule has 0 aliphatic heterocycles. The van der Waals surface area contributed by atoms with E-state index in [1.54, 1.807) is 6.92 Å². The molecular formula is C13H16N2O5. The normalized spacial score (nSPS) is 11.8. The lowest BCUT2D eigenvalue weighted by atomic mass is 10.1. The summed E-state index contributed by atoms with van der Waals surface area (Å²) >= 11 is 0. The van der Waals surface area contributed by atoms with Gasteiger partial charge in [0.25, 0.3) is 11.6 Å². The van der Waals surface area contributed by atoms with Crippen molar-refractivity contribution in [1.82, 2.24) is 4.90 Å². The van der Waals surface area contributed by atoms with E-state index in [9.17, 15) is 19.7 Å². The van der Waals surface area contributed by atoms with Crippen LogP contribution in [-0.2, 0) is 4.79 Å². The van der Waals surface area contributed by atoms with Gasteiger partial charge in [-0.2, -0.15) is 0 Å². The molecule has 0 aliphatic carbocycles. The largest absolute Gasteiger partial charge is 0.481 e. The summed E-state index contributed by atoms with van der Waals surface area (Å²) in [6, 6.07) is 4.20. The molecule has 7 nitrogen and oxygen atoms in total. The molecule has 0 aromatic heterocycles. The van der Waals surface area contributed by atoms with Gasteiger partial charge in [0.1, 0.15) is 0 Å². The number of hydrogen-bond donors (Lipinski definition) is 1. The van der Waals surface area contributed by atoms with E-state index in [-0.39, 0.29) is 17.8 Å². The number of carboxylic acids is 1. The zero-order chi connectivity index (χ0) is 15.4. The smallest absolute Gasteiger partial charge is 0.308 e. The second-order valence-electron chi connectivity index (χ2n) is 4.68. The number of aliphatic carboxylic acids is 1. The molecule has 0 aliphatic rings. The number of benzene rings is 1. The third-order valence-corrected chi connectivity index (χ3v) is 2.97. The van der Waals surface area contributed by atoms with E-state index in [0.29, 0.717) is 5.56 Å². The van der Waals surface area contributed by atoms with Crippen molar-refractivity contribution in [2.45, 2.75) is 13.8 Å². The number of hydrogen-bond acceptors (Lipinski definition) is 4. The highest BCUT2D eigenvalue weighted by atomic mass is 16.6. The van der Waals surface area contributed by atoms with E-state index in [4.69, 9.17) is 5.11 Å². The monoisotopic (exact) mass is 280 g/mol. The molecule has 1 atom stereocenters. The summed E-state index contributed by atoms with van der Waals surface area (Å²) in [5, 5.41) is 19.6.